The highest BCUT2D eigenvalue weighted by Gasteiger charge is 2.14. The van der Waals surface area contributed by atoms with E-state index in [4.69, 9.17) is 11.6 Å². The molecule has 0 aliphatic rings. The van der Waals surface area contributed by atoms with E-state index >= 15 is 0 Å². The third-order valence-electron chi connectivity index (χ3n) is 1.92. The van der Waals surface area contributed by atoms with Crippen LogP contribution in [-0.2, 0) is 4.84 Å². The lowest BCUT2D eigenvalue weighted by atomic mass is 10.4. The van der Waals surface area contributed by atoms with Crippen molar-refractivity contribution < 1.29 is 9.76 Å². The van der Waals surface area contributed by atoms with Crippen LogP contribution in [-0.4, -0.2) is 26.6 Å². The zero-order chi connectivity index (χ0) is 11.5. The minimum Gasteiger partial charge on any atom is -0.289 e. The smallest absolute Gasteiger partial charge is 0.289 e. The summed E-state index contributed by atoms with van der Waals surface area (Å²) < 4.78 is 1.65. The Morgan fingerprint density at radius 1 is 1.44 bits per heavy atom. The van der Waals surface area contributed by atoms with Gasteiger partial charge in [-0.3, -0.25) is 4.57 Å². The largest absolute Gasteiger partial charge is 0.335 e. The number of nitrogens with zero attached hydrogens (tertiary/aromatic N) is 4. The summed E-state index contributed by atoms with van der Waals surface area (Å²) in [6.07, 6.45) is 4.56. The van der Waals surface area contributed by atoms with Crippen molar-refractivity contribution >= 4 is 17.3 Å². The van der Waals surface area contributed by atoms with Crippen molar-refractivity contribution in [2.24, 2.45) is 0 Å². The number of hydrogen-bond acceptors (Lipinski definition) is 4. The van der Waals surface area contributed by atoms with Gasteiger partial charge < -0.3 is 0 Å². The first kappa shape index (κ1) is 10.6. The number of pyridine rings is 1. The Labute approximate surface area is 96.0 Å². The number of aromatic nitrogens is 3. The molecule has 6 nitrogen and oxygen atoms in total. The normalized spacial score (nSPS) is 10.1. The van der Waals surface area contributed by atoms with Crippen LogP contribution in [0.15, 0.2) is 30.9 Å². The molecular weight excluding hydrogens is 232 g/mol. The molecule has 2 aromatic heterocycles. The Morgan fingerprint density at radius 3 is 2.75 bits per heavy atom. The molecule has 82 valence electrons. The van der Waals surface area contributed by atoms with Crippen LogP contribution in [0.1, 0.15) is 0 Å². The van der Waals surface area contributed by atoms with E-state index in [-0.39, 0.29) is 0 Å². The molecule has 2 heterocycles. The molecule has 0 fully saturated rings. The first-order valence-electron chi connectivity index (χ1n) is 4.38. The molecule has 2 aromatic rings. The van der Waals surface area contributed by atoms with Gasteiger partial charge in [-0.1, -0.05) is 11.6 Å². The fraction of sp³-hybridized carbons (Fsp3) is 0.111. The zero-order valence-corrected chi connectivity index (χ0v) is 9.13. The SMILES string of the molecule is CO[N+](=O)c1ccc(-n2cnc(Cl)c2)nc1. The van der Waals surface area contributed by atoms with Crippen molar-refractivity contribution in [1.29, 1.82) is 0 Å². The minimum atomic E-state index is 0.317. The van der Waals surface area contributed by atoms with Gasteiger partial charge in [-0.05, 0) is 6.07 Å². The van der Waals surface area contributed by atoms with Crippen molar-refractivity contribution in [3.8, 4) is 5.82 Å². The fourth-order valence-corrected chi connectivity index (χ4v) is 1.32. The lowest BCUT2D eigenvalue weighted by Gasteiger charge is -1.98. The first-order valence-corrected chi connectivity index (χ1v) is 4.76. The van der Waals surface area contributed by atoms with Crippen LogP contribution in [0.5, 0.6) is 0 Å². The lowest BCUT2D eigenvalue weighted by molar-refractivity contribution is -0.736. The van der Waals surface area contributed by atoms with Gasteiger partial charge in [0.15, 0.2) is 7.11 Å². The van der Waals surface area contributed by atoms with E-state index in [2.05, 4.69) is 14.8 Å². The van der Waals surface area contributed by atoms with Crippen LogP contribution in [0.3, 0.4) is 0 Å². The molecular formula is C9H8ClN4O2+. The average Bonchev–Trinajstić information content (AvgIpc) is 2.75. The molecule has 0 aliphatic carbocycles. The summed E-state index contributed by atoms with van der Waals surface area (Å²) in [7, 11) is 1.29. The van der Waals surface area contributed by atoms with E-state index in [1.807, 2.05) is 0 Å². The fourth-order valence-electron chi connectivity index (χ4n) is 1.17. The second-order valence-corrected chi connectivity index (χ2v) is 3.31. The quantitative estimate of drug-likeness (QED) is 0.768. The van der Waals surface area contributed by atoms with Gasteiger partial charge in [0.1, 0.15) is 23.5 Å². The van der Waals surface area contributed by atoms with Crippen LogP contribution < -0.4 is 0 Å². The van der Waals surface area contributed by atoms with E-state index in [1.165, 1.54) is 19.6 Å². The lowest BCUT2D eigenvalue weighted by Crippen LogP contribution is -2.00. The molecule has 7 heteroatoms. The van der Waals surface area contributed by atoms with Crippen LogP contribution in [0.2, 0.25) is 5.15 Å². The Hall–Kier alpha value is -1.95. The summed E-state index contributed by atoms with van der Waals surface area (Å²) in [6.45, 7) is 0. The summed E-state index contributed by atoms with van der Waals surface area (Å²) in [4.78, 5) is 23.9. The predicted octanol–water partition coefficient (Wildman–Crippen LogP) is 1.89. The standard InChI is InChI=1S/C9H8ClN4O2/c1-16-14(15)7-2-3-9(11-4-7)13-5-8(10)12-6-13/h2-6H,1H3/q+1. The zero-order valence-electron chi connectivity index (χ0n) is 8.37. The van der Waals surface area contributed by atoms with Crippen molar-refractivity contribution in [3.05, 3.63) is 40.9 Å². The molecule has 0 N–H and O–H groups in total. The third-order valence-corrected chi connectivity index (χ3v) is 2.12. The van der Waals surface area contributed by atoms with Gasteiger partial charge in [0, 0.05) is 12.3 Å². The number of hydrogen-bond donors (Lipinski definition) is 0. The Bertz CT molecular complexity index is 508. The molecule has 0 atom stereocenters. The minimum absolute atomic E-state index is 0.317. The summed E-state index contributed by atoms with van der Waals surface area (Å²) >= 11 is 5.68. The number of imidazole rings is 1. The molecule has 0 saturated heterocycles. The van der Waals surface area contributed by atoms with Gasteiger partial charge in [0.05, 0.1) is 4.91 Å². The van der Waals surface area contributed by atoms with E-state index in [1.54, 1.807) is 22.9 Å². The molecule has 0 radical (unpaired) electrons. The highest BCUT2D eigenvalue weighted by Crippen LogP contribution is 2.13. The summed E-state index contributed by atoms with van der Waals surface area (Å²) in [5.41, 5.74) is 0.317. The maximum absolute atomic E-state index is 11.1. The summed E-state index contributed by atoms with van der Waals surface area (Å²) in [6, 6.07) is 3.25. The van der Waals surface area contributed by atoms with Gasteiger partial charge in [0.2, 0.25) is 0 Å². The second-order valence-electron chi connectivity index (χ2n) is 2.92. The maximum atomic E-state index is 11.1. The molecule has 0 bridgehead atoms. The number of rotatable bonds is 3. The Balaban J connectivity index is 2.29. The topological polar surface area (TPSA) is 60.0 Å². The van der Waals surface area contributed by atoms with Crippen molar-refractivity contribution in [1.82, 2.24) is 14.5 Å². The summed E-state index contributed by atoms with van der Waals surface area (Å²) in [5, 5.41) is 0.383. The van der Waals surface area contributed by atoms with Gasteiger partial charge >= 0.3 is 5.69 Å². The van der Waals surface area contributed by atoms with Crippen LogP contribution in [0.4, 0.5) is 5.69 Å². The molecule has 0 aromatic carbocycles. The molecule has 16 heavy (non-hydrogen) atoms. The van der Waals surface area contributed by atoms with E-state index in [0.717, 1.165) is 0 Å². The van der Waals surface area contributed by atoms with E-state index < -0.39 is 0 Å². The molecule has 0 amide bonds. The highest BCUT2D eigenvalue weighted by molar-refractivity contribution is 6.29. The van der Waals surface area contributed by atoms with Gasteiger partial charge in [-0.2, -0.15) is 0 Å². The third kappa shape index (κ3) is 2.01. The second kappa shape index (κ2) is 4.28. The molecule has 0 saturated carbocycles. The monoisotopic (exact) mass is 239 g/mol. The van der Waals surface area contributed by atoms with Gasteiger partial charge in [-0.25, -0.2) is 14.8 Å². The van der Waals surface area contributed by atoms with Crippen LogP contribution in [0.25, 0.3) is 5.82 Å². The molecule has 2 rings (SSSR count). The first-order chi connectivity index (χ1) is 7.70. The van der Waals surface area contributed by atoms with Crippen molar-refractivity contribution in [3.63, 3.8) is 0 Å². The highest BCUT2D eigenvalue weighted by atomic mass is 35.5. The van der Waals surface area contributed by atoms with E-state index in [0.29, 0.717) is 21.6 Å². The maximum Gasteiger partial charge on any atom is 0.335 e. The number of halogens is 1. The molecule has 0 unspecified atom stereocenters. The Morgan fingerprint density at radius 2 is 2.25 bits per heavy atom. The molecule has 0 aliphatic heterocycles. The average molecular weight is 240 g/mol. The molecule has 0 spiro atoms. The van der Waals surface area contributed by atoms with Crippen LogP contribution in [0, 0.1) is 4.91 Å². The van der Waals surface area contributed by atoms with Gasteiger partial charge in [0.25, 0.3) is 4.92 Å². The Kier molecular flexibility index (Phi) is 2.82. The summed E-state index contributed by atoms with van der Waals surface area (Å²) in [5.74, 6) is 0.618. The van der Waals surface area contributed by atoms with Crippen LogP contribution >= 0.6 is 11.6 Å². The van der Waals surface area contributed by atoms with E-state index in [9.17, 15) is 4.91 Å². The van der Waals surface area contributed by atoms with Crippen molar-refractivity contribution in [2.45, 2.75) is 0 Å². The van der Waals surface area contributed by atoms with Gasteiger partial charge in [-0.15, -0.1) is 0 Å². The predicted molar refractivity (Wildman–Crippen MR) is 56.7 cm³/mol. The van der Waals surface area contributed by atoms with Crippen molar-refractivity contribution in [2.75, 3.05) is 7.11 Å².